The molecular formula is C13H23FN2O5S. The molecule has 2 rings (SSSR count). The average Bonchev–Trinajstić information content (AvgIpc) is 2.44. The lowest BCUT2D eigenvalue weighted by Gasteiger charge is -2.42. The van der Waals surface area contributed by atoms with Crippen LogP contribution in [0.5, 0.6) is 0 Å². The third-order valence-corrected chi connectivity index (χ3v) is 4.98. The van der Waals surface area contributed by atoms with Crippen molar-refractivity contribution < 1.29 is 26.9 Å². The van der Waals surface area contributed by atoms with Crippen LogP contribution in [-0.2, 0) is 14.3 Å². The quantitative estimate of drug-likeness (QED) is 0.762. The van der Waals surface area contributed by atoms with E-state index in [-0.39, 0.29) is 18.6 Å². The molecule has 0 spiro atoms. The van der Waals surface area contributed by atoms with Gasteiger partial charge in [-0.15, -0.1) is 0 Å². The zero-order valence-electron chi connectivity index (χ0n) is 12.6. The molecule has 22 heavy (non-hydrogen) atoms. The van der Waals surface area contributed by atoms with E-state index in [4.69, 9.17) is 9.29 Å². The molecule has 1 saturated heterocycles. The standard InChI is InChI=1S/C13H23FN2O5S/c1-22(19,20)21-9-10-2-3-12(11(14)8-10)15-4-6-16(7-5-15)13(17)18/h10-12H,2-9H2,1H3,(H,17,18). The minimum atomic E-state index is -3.48. The lowest BCUT2D eigenvalue weighted by atomic mass is 9.84. The number of hydrogen-bond acceptors (Lipinski definition) is 5. The van der Waals surface area contributed by atoms with Crippen LogP contribution in [-0.4, -0.2) is 80.7 Å². The summed E-state index contributed by atoms with van der Waals surface area (Å²) in [6.45, 7) is 1.93. The summed E-state index contributed by atoms with van der Waals surface area (Å²) in [6.07, 6.45) is 0.690. The van der Waals surface area contributed by atoms with Crippen LogP contribution in [0.4, 0.5) is 9.18 Å². The van der Waals surface area contributed by atoms with Crippen molar-refractivity contribution >= 4 is 16.2 Å². The van der Waals surface area contributed by atoms with E-state index >= 15 is 0 Å². The molecule has 1 aliphatic heterocycles. The highest BCUT2D eigenvalue weighted by atomic mass is 32.2. The van der Waals surface area contributed by atoms with Crippen molar-refractivity contribution in [3.05, 3.63) is 0 Å². The fourth-order valence-electron chi connectivity index (χ4n) is 3.21. The second kappa shape index (κ2) is 7.10. The first-order chi connectivity index (χ1) is 10.3. The van der Waals surface area contributed by atoms with Crippen LogP contribution in [0.3, 0.4) is 0 Å². The Morgan fingerprint density at radius 1 is 1.27 bits per heavy atom. The number of alkyl halides is 1. The van der Waals surface area contributed by atoms with Gasteiger partial charge in [0.2, 0.25) is 0 Å². The van der Waals surface area contributed by atoms with Crippen LogP contribution in [0, 0.1) is 5.92 Å². The first-order valence-electron chi connectivity index (χ1n) is 7.46. The Bertz CT molecular complexity index is 493. The van der Waals surface area contributed by atoms with E-state index in [0.29, 0.717) is 39.0 Å². The summed E-state index contributed by atoms with van der Waals surface area (Å²) >= 11 is 0. The molecule has 0 bridgehead atoms. The molecule has 1 N–H and O–H groups in total. The van der Waals surface area contributed by atoms with Crippen LogP contribution in [0.25, 0.3) is 0 Å². The second-order valence-electron chi connectivity index (χ2n) is 6.06. The molecule has 0 aromatic heterocycles. The van der Waals surface area contributed by atoms with E-state index in [9.17, 15) is 17.6 Å². The largest absolute Gasteiger partial charge is 0.465 e. The molecular weight excluding hydrogens is 315 g/mol. The van der Waals surface area contributed by atoms with Gasteiger partial charge in [0.25, 0.3) is 10.1 Å². The fourth-order valence-corrected chi connectivity index (χ4v) is 3.65. The van der Waals surface area contributed by atoms with Crippen LogP contribution in [0.2, 0.25) is 0 Å². The van der Waals surface area contributed by atoms with Crippen molar-refractivity contribution in [1.82, 2.24) is 9.80 Å². The van der Waals surface area contributed by atoms with Gasteiger partial charge in [0.05, 0.1) is 12.9 Å². The molecule has 0 aromatic rings. The van der Waals surface area contributed by atoms with E-state index in [1.807, 2.05) is 4.90 Å². The van der Waals surface area contributed by atoms with Crippen molar-refractivity contribution in [3.8, 4) is 0 Å². The number of nitrogens with zero attached hydrogens (tertiary/aromatic N) is 2. The highest BCUT2D eigenvalue weighted by molar-refractivity contribution is 7.85. The molecule has 2 fully saturated rings. The third kappa shape index (κ3) is 4.79. The van der Waals surface area contributed by atoms with Gasteiger partial charge in [-0.1, -0.05) is 0 Å². The van der Waals surface area contributed by atoms with Gasteiger partial charge in [-0.25, -0.2) is 9.18 Å². The van der Waals surface area contributed by atoms with Crippen molar-refractivity contribution in [2.24, 2.45) is 5.92 Å². The fraction of sp³-hybridized carbons (Fsp3) is 0.923. The van der Waals surface area contributed by atoms with E-state index in [1.165, 1.54) is 4.90 Å². The van der Waals surface area contributed by atoms with Crippen molar-refractivity contribution in [3.63, 3.8) is 0 Å². The molecule has 1 saturated carbocycles. The zero-order chi connectivity index (χ0) is 16.3. The maximum Gasteiger partial charge on any atom is 0.407 e. The summed E-state index contributed by atoms with van der Waals surface area (Å²) < 4.78 is 41.1. The van der Waals surface area contributed by atoms with Gasteiger partial charge in [-0.05, 0) is 25.2 Å². The van der Waals surface area contributed by atoms with Crippen molar-refractivity contribution in [2.45, 2.75) is 31.5 Å². The highest BCUT2D eigenvalue weighted by Gasteiger charge is 2.36. The summed E-state index contributed by atoms with van der Waals surface area (Å²) in [5.74, 6) is -0.0821. The Hall–Kier alpha value is -0.930. The third-order valence-electron chi connectivity index (χ3n) is 4.42. The number of rotatable bonds is 4. The predicted octanol–water partition coefficient (Wildman–Crippen LogP) is 0.765. The van der Waals surface area contributed by atoms with E-state index < -0.39 is 22.4 Å². The minimum Gasteiger partial charge on any atom is -0.465 e. The first kappa shape index (κ1) is 17.4. The summed E-state index contributed by atoms with van der Waals surface area (Å²) in [5, 5.41) is 8.92. The monoisotopic (exact) mass is 338 g/mol. The van der Waals surface area contributed by atoms with Crippen LogP contribution in [0.15, 0.2) is 0 Å². The molecule has 1 aliphatic carbocycles. The zero-order valence-corrected chi connectivity index (χ0v) is 13.5. The van der Waals surface area contributed by atoms with Crippen molar-refractivity contribution in [1.29, 1.82) is 0 Å². The number of carbonyl (C=O) groups is 1. The summed E-state index contributed by atoms with van der Waals surface area (Å²) in [6, 6.07) is -0.203. The smallest absolute Gasteiger partial charge is 0.407 e. The lowest BCUT2D eigenvalue weighted by Crippen LogP contribution is -2.55. The number of amides is 1. The Morgan fingerprint density at radius 3 is 2.41 bits per heavy atom. The van der Waals surface area contributed by atoms with E-state index in [2.05, 4.69) is 0 Å². The minimum absolute atomic E-state index is 0.0404. The van der Waals surface area contributed by atoms with Crippen LogP contribution in [0.1, 0.15) is 19.3 Å². The van der Waals surface area contributed by atoms with Gasteiger partial charge in [0.15, 0.2) is 0 Å². The molecule has 7 nitrogen and oxygen atoms in total. The van der Waals surface area contributed by atoms with Crippen LogP contribution >= 0.6 is 0 Å². The molecule has 1 amide bonds. The molecule has 0 aromatic carbocycles. The molecule has 3 atom stereocenters. The first-order valence-corrected chi connectivity index (χ1v) is 9.28. The SMILES string of the molecule is CS(=O)(=O)OCC1CCC(N2CCN(C(=O)O)CC2)C(F)C1. The molecule has 1 heterocycles. The molecule has 9 heteroatoms. The number of piperazine rings is 1. The van der Waals surface area contributed by atoms with Crippen molar-refractivity contribution in [2.75, 3.05) is 39.0 Å². The molecule has 0 radical (unpaired) electrons. The molecule has 3 unspecified atom stereocenters. The predicted molar refractivity (Wildman–Crippen MR) is 78.0 cm³/mol. The Labute approximate surface area is 130 Å². The average molecular weight is 338 g/mol. The summed E-state index contributed by atoms with van der Waals surface area (Å²) in [7, 11) is -3.48. The molecule has 2 aliphatic rings. The maximum atomic E-state index is 14.4. The van der Waals surface area contributed by atoms with Gasteiger partial charge in [-0.3, -0.25) is 9.08 Å². The van der Waals surface area contributed by atoms with Gasteiger partial charge in [0.1, 0.15) is 6.17 Å². The second-order valence-corrected chi connectivity index (χ2v) is 7.70. The number of halogens is 1. The number of carboxylic acid groups (broad SMARTS) is 1. The summed E-state index contributed by atoms with van der Waals surface area (Å²) in [4.78, 5) is 14.2. The topological polar surface area (TPSA) is 87.2 Å². The Balaban J connectivity index is 1.80. The lowest BCUT2D eigenvalue weighted by molar-refractivity contribution is 0.0172. The Kier molecular flexibility index (Phi) is 5.62. The normalized spacial score (nSPS) is 31.2. The van der Waals surface area contributed by atoms with Crippen LogP contribution < -0.4 is 0 Å². The maximum absolute atomic E-state index is 14.4. The molecule has 128 valence electrons. The van der Waals surface area contributed by atoms with E-state index in [0.717, 1.165) is 12.7 Å². The summed E-state index contributed by atoms with van der Waals surface area (Å²) in [5.41, 5.74) is 0. The van der Waals surface area contributed by atoms with Gasteiger partial charge < -0.3 is 10.0 Å². The van der Waals surface area contributed by atoms with Gasteiger partial charge in [0, 0.05) is 32.2 Å². The van der Waals surface area contributed by atoms with E-state index in [1.54, 1.807) is 0 Å². The number of hydrogen-bond donors (Lipinski definition) is 1. The Morgan fingerprint density at radius 2 is 1.91 bits per heavy atom. The highest BCUT2D eigenvalue weighted by Crippen LogP contribution is 2.31. The van der Waals surface area contributed by atoms with Gasteiger partial charge in [-0.2, -0.15) is 8.42 Å². The van der Waals surface area contributed by atoms with Gasteiger partial charge >= 0.3 is 6.09 Å².